The van der Waals surface area contributed by atoms with Gasteiger partial charge in [0, 0.05) is 37.8 Å². The molecular weight excluding hydrogens is 746 g/mol. The molecule has 0 unspecified atom stereocenters. The Balaban J connectivity index is 0.0000292. The van der Waals surface area contributed by atoms with Crippen molar-refractivity contribution in [1.29, 1.82) is 0 Å². The fourth-order valence-corrected chi connectivity index (χ4v) is 7.68. The second-order valence-electron chi connectivity index (χ2n) is 17.7. The highest BCUT2D eigenvalue weighted by Gasteiger charge is 2.26. The Morgan fingerprint density at radius 1 is 0.600 bits per heavy atom. The van der Waals surface area contributed by atoms with Crippen molar-refractivity contribution >= 4 is 11.8 Å². The van der Waals surface area contributed by atoms with Crippen LogP contribution < -0.4 is 22.3 Å². The number of quaternary nitrogens is 1. The van der Waals surface area contributed by atoms with Gasteiger partial charge < -0.3 is 36.7 Å². The Labute approximate surface area is 352 Å². The van der Waals surface area contributed by atoms with Gasteiger partial charge in [0.05, 0.1) is 34.0 Å². The lowest BCUT2D eigenvalue weighted by atomic mass is 10.0. The highest BCUT2D eigenvalue weighted by Crippen LogP contribution is 2.16. The number of imidazole rings is 1. The van der Waals surface area contributed by atoms with E-state index in [1.54, 1.807) is 12.5 Å². The first-order valence-electron chi connectivity index (χ1n) is 23.6. The van der Waals surface area contributed by atoms with Crippen molar-refractivity contribution in [2.45, 2.75) is 232 Å². The van der Waals surface area contributed by atoms with Crippen molar-refractivity contribution in [3.63, 3.8) is 0 Å². The van der Waals surface area contributed by atoms with Crippen LogP contribution in [0.4, 0.5) is 0 Å². The molecule has 0 radical (unpaired) electrons. The number of unbranched alkanes of at least 4 members (excludes halogenated alkanes) is 28. The lowest BCUT2D eigenvalue weighted by molar-refractivity contribution is -0.870. The van der Waals surface area contributed by atoms with E-state index in [2.05, 4.69) is 55.2 Å². The summed E-state index contributed by atoms with van der Waals surface area (Å²) in [4.78, 5) is 36.8. The van der Waals surface area contributed by atoms with Gasteiger partial charge >= 0.3 is 0 Å². The highest BCUT2D eigenvalue weighted by atomic mass is 79.9. The molecule has 0 aromatic carbocycles. The second kappa shape index (κ2) is 38.1. The highest BCUT2D eigenvalue weighted by molar-refractivity contribution is 5.87. The van der Waals surface area contributed by atoms with E-state index >= 15 is 0 Å². The first kappa shape index (κ1) is 53.6. The van der Waals surface area contributed by atoms with Crippen molar-refractivity contribution in [1.82, 2.24) is 20.2 Å². The predicted octanol–water partition coefficient (Wildman–Crippen LogP) is 9.50. The lowest BCUT2D eigenvalue weighted by Crippen LogP contribution is -3.00. The van der Waals surface area contributed by atoms with Crippen LogP contribution in [0.5, 0.6) is 0 Å². The first-order valence-corrected chi connectivity index (χ1v) is 23.6. The number of carbonyl (C=O) groups excluding carboxylic acids is 2. The van der Waals surface area contributed by atoms with Crippen LogP contribution in [0.3, 0.4) is 0 Å². The summed E-state index contributed by atoms with van der Waals surface area (Å²) in [7, 11) is 6.63. The van der Waals surface area contributed by atoms with Crippen LogP contribution in [-0.2, 0) is 16.0 Å². The summed E-state index contributed by atoms with van der Waals surface area (Å²) in [5.41, 5.74) is 0.893. The molecule has 0 aliphatic heterocycles. The minimum Gasteiger partial charge on any atom is -1.00 e. The molecule has 0 bridgehead atoms. The van der Waals surface area contributed by atoms with E-state index in [-0.39, 0.29) is 28.8 Å². The maximum atomic E-state index is 14.2. The van der Waals surface area contributed by atoms with Crippen molar-refractivity contribution in [2.24, 2.45) is 0 Å². The number of hydrogen-bond acceptors (Lipinski definition) is 3. The lowest BCUT2D eigenvalue weighted by Gasteiger charge is -2.28. The van der Waals surface area contributed by atoms with Crippen LogP contribution in [0.25, 0.3) is 0 Å². The number of halogens is 1. The van der Waals surface area contributed by atoms with Crippen LogP contribution in [0.1, 0.15) is 225 Å². The van der Waals surface area contributed by atoms with Gasteiger partial charge in [0.25, 0.3) is 0 Å². The molecule has 1 atom stereocenters. The number of nitrogens with one attached hydrogen (secondary N) is 2. The number of rotatable bonds is 40. The summed E-state index contributed by atoms with van der Waals surface area (Å²) in [6.07, 6.45) is 44.6. The van der Waals surface area contributed by atoms with E-state index in [0.717, 1.165) is 61.9 Å². The molecule has 1 rings (SSSR count). The molecule has 1 heterocycles. The monoisotopic (exact) mass is 838 g/mol. The smallest absolute Gasteiger partial charge is 0.245 e. The Bertz CT molecular complexity index is 935. The molecule has 55 heavy (non-hydrogen) atoms. The zero-order chi connectivity index (χ0) is 39.4. The van der Waals surface area contributed by atoms with Gasteiger partial charge in [-0.15, -0.1) is 0 Å². The molecule has 0 aliphatic rings. The molecule has 7 nitrogen and oxygen atoms in total. The minimum absolute atomic E-state index is 0. The average molecular weight is 839 g/mol. The normalized spacial score (nSPS) is 12.1. The summed E-state index contributed by atoms with van der Waals surface area (Å²) in [5.74, 6) is 0.0680. The maximum Gasteiger partial charge on any atom is 0.245 e. The van der Waals surface area contributed by atoms with Crippen LogP contribution >= 0.6 is 0 Å². The molecule has 0 saturated carbocycles. The van der Waals surface area contributed by atoms with Crippen molar-refractivity contribution in [2.75, 3.05) is 40.8 Å². The van der Waals surface area contributed by atoms with E-state index in [9.17, 15) is 9.59 Å². The molecule has 2 N–H and O–H groups in total. The van der Waals surface area contributed by atoms with Gasteiger partial charge in [-0.05, 0) is 32.1 Å². The standard InChI is InChI=1S/C47H91N5O2.BrH/c1-6-8-10-12-14-16-18-20-22-24-26-28-30-34-38-51(39-35-31-29-27-25-23-21-19-17-15-13-11-9-7-2)47(54)45(41-44-42-48-43-49-44)50-46(53)37-33-32-36-40-52(3,4)5;/h42-43,45H,6-41H2,1-5H3,(H-,48,49,50,53);1H/t45-;/m0./s1. The molecular formula is C47H92BrN5O2. The molecule has 1 aromatic heterocycles. The molecule has 1 aromatic rings. The van der Waals surface area contributed by atoms with Crippen LogP contribution in [-0.4, -0.2) is 78.0 Å². The molecule has 0 fully saturated rings. The van der Waals surface area contributed by atoms with E-state index in [0.29, 0.717) is 12.8 Å². The van der Waals surface area contributed by atoms with Crippen molar-refractivity contribution in [3.8, 4) is 0 Å². The molecule has 0 saturated heterocycles. The zero-order valence-electron chi connectivity index (χ0n) is 37.2. The number of carbonyl (C=O) groups is 2. The number of amides is 2. The Kier molecular flexibility index (Phi) is 37.1. The second-order valence-corrected chi connectivity index (χ2v) is 17.7. The van der Waals surface area contributed by atoms with Gasteiger partial charge in [0.15, 0.2) is 0 Å². The Morgan fingerprint density at radius 2 is 0.982 bits per heavy atom. The van der Waals surface area contributed by atoms with Crippen LogP contribution in [0.15, 0.2) is 12.5 Å². The first-order chi connectivity index (χ1) is 26.3. The van der Waals surface area contributed by atoms with Gasteiger partial charge in [-0.25, -0.2) is 4.98 Å². The zero-order valence-corrected chi connectivity index (χ0v) is 38.8. The number of aromatic amines is 1. The fourth-order valence-electron chi connectivity index (χ4n) is 7.68. The van der Waals surface area contributed by atoms with Gasteiger partial charge in [-0.3, -0.25) is 9.59 Å². The summed E-state index contributed by atoms with van der Waals surface area (Å²) >= 11 is 0. The van der Waals surface area contributed by atoms with E-state index in [1.807, 2.05) is 0 Å². The minimum atomic E-state index is -0.553. The van der Waals surface area contributed by atoms with E-state index < -0.39 is 6.04 Å². The third-order valence-electron chi connectivity index (χ3n) is 11.2. The Hall–Kier alpha value is -1.41. The van der Waals surface area contributed by atoms with Gasteiger partial charge in [-0.2, -0.15) is 0 Å². The number of nitrogens with zero attached hydrogens (tertiary/aromatic N) is 3. The fraction of sp³-hybridized carbons (Fsp3) is 0.894. The molecule has 324 valence electrons. The van der Waals surface area contributed by atoms with Gasteiger partial charge in [0.2, 0.25) is 11.8 Å². The van der Waals surface area contributed by atoms with Crippen molar-refractivity contribution < 1.29 is 31.1 Å². The maximum absolute atomic E-state index is 14.2. The largest absolute Gasteiger partial charge is 1.00 e. The summed E-state index contributed by atoms with van der Waals surface area (Å²) in [6.45, 7) is 7.26. The summed E-state index contributed by atoms with van der Waals surface area (Å²) in [5, 5.41) is 3.16. The number of hydrogen-bond donors (Lipinski definition) is 2. The number of aromatic nitrogens is 2. The molecule has 0 spiro atoms. The van der Waals surface area contributed by atoms with Crippen LogP contribution in [0.2, 0.25) is 0 Å². The topological polar surface area (TPSA) is 78.1 Å². The Morgan fingerprint density at radius 3 is 1.35 bits per heavy atom. The van der Waals surface area contributed by atoms with E-state index in [4.69, 9.17) is 0 Å². The summed E-state index contributed by atoms with van der Waals surface area (Å²) in [6, 6.07) is -0.553. The van der Waals surface area contributed by atoms with Crippen molar-refractivity contribution in [3.05, 3.63) is 18.2 Å². The van der Waals surface area contributed by atoms with E-state index in [1.165, 1.54) is 167 Å². The average Bonchev–Trinajstić information content (AvgIpc) is 3.66. The summed E-state index contributed by atoms with van der Waals surface area (Å²) < 4.78 is 0.946. The number of H-pyrrole nitrogens is 1. The molecule has 8 heteroatoms. The van der Waals surface area contributed by atoms with Gasteiger partial charge in [-0.1, -0.05) is 181 Å². The predicted molar refractivity (Wildman–Crippen MR) is 233 cm³/mol. The molecule has 2 amide bonds. The van der Waals surface area contributed by atoms with Crippen LogP contribution in [0, 0.1) is 0 Å². The van der Waals surface area contributed by atoms with Gasteiger partial charge in [0.1, 0.15) is 6.04 Å². The molecule has 0 aliphatic carbocycles. The third kappa shape index (κ3) is 34.4. The third-order valence-corrected chi connectivity index (χ3v) is 11.2. The SMILES string of the molecule is CCCCCCCCCCCCCCCCN(CCCCCCCCCCCCCCCC)C(=O)[C@H](Cc1cnc[nH]1)NC(=O)CCCCC[N+](C)(C)C.[Br-]. The quantitative estimate of drug-likeness (QED) is 0.0511.